The van der Waals surface area contributed by atoms with Crippen LogP contribution in [0.15, 0.2) is 47.4 Å². The van der Waals surface area contributed by atoms with Gasteiger partial charge >= 0.3 is 0 Å². The number of halogens is 3. The lowest BCUT2D eigenvalue weighted by atomic mass is 10.2. The molecule has 1 heterocycles. The van der Waals surface area contributed by atoms with E-state index in [0.717, 1.165) is 0 Å². The van der Waals surface area contributed by atoms with E-state index in [-0.39, 0.29) is 5.91 Å². The highest BCUT2D eigenvalue weighted by atomic mass is 35.5. The molecule has 1 aliphatic heterocycles. The van der Waals surface area contributed by atoms with Crippen molar-refractivity contribution in [2.75, 3.05) is 4.90 Å². The zero-order valence-electron chi connectivity index (χ0n) is 11.4. The van der Waals surface area contributed by atoms with Crippen LogP contribution in [-0.4, -0.2) is 10.2 Å². The molecule has 0 aliphatic carbocycles. The van der Waals surface area contributed by atoms with Gasteiger partial charge < -0.3 is 0 Å². The van der Waals surface area contributed by atoms with E-state index in [9.17, 15) is 4.79 Å². The summed E-state index contributed by atoms with van der Waals surface area (Å²) in [5.74, 6) is -0.201. The summed E-state index contributed by atoms with van der Waals surface area (Å²) in [5, 5.41) is 1.56. The van der Waals surface area contributed by atoms with Gasteiger partial charge in [0.2, 0.25) is 0 Å². The zero-order valence-corrected chi connectivity index (χ0v) is 15.3. The monoisotopic (exact) mass is 399 g/mol. The molecule has 0 spiro atoms. The van der Waals surface area contributed by atoms with Crippen LogP contribution in [0.4, 0.5) is 5.69 Å². The summed E-state index contributed by atoms with van der Waals surface area (Å²) in [6.07, 6.45) is 1.71. The second-order valence-corrected chi connectivity index (χ2v) is 7.62. The molecule has 7 heteroatoms. The number of nitrogens with zero attached hydrogens (tertiary/aromatic N) is 1. The molecule has 0 atom stereocenters. The van der Waals surface area contributed by atoms with Crippen molar-refractivity contribution in [1.29, 1.82) is 0 Å². The molecule has 0 radical (unpaired) electrons. The van der Waals surface area contributed by atoms with Gasteiger partial charge in [-0.2, -0.15) is 0 Å². The van der Waals surface area contributed by atoms with Gasteiger partial charge in [0, 0.05) is 15.1 Å². The Morgan fingerprint density at radius 3 is 2.48 bits per heavy atom. The zero-order chi connectivity index (χ0) is 16.6. The van der Waals surface area contributed by atoms with Crippen molar-refractivity contribution in [3.63, 3.8) is 0 Å². The van der Waals surface area contributed by atoms with Crippen LogP contribution in [0.1, 0.15) is 5.56 Å². The van der Waals surface area contributed by atoms with Crippen molar-refractivity contribution in [3.05, 3.63) is 68.0 Å². The topological polar surface area (TPSA) is 20.3 Å². The number of hydrogen-bond donors (Lipinski definition) is 0. The smallest absolute Gasteiger partial charge is 0.268 e. The quantitative estimate of drug-likeness (QED) is 0.452. The third-order valence-corrected chi connectivity index (χ3v) is 5.21. The normalized spacial score (nSPS) is 16.5. The predicted molar refractivity (Wildman–Crippen MR) is 104 cm³/mol. The Morgan fingerprint density at radius 1 is 1.04 bits per heavy atom. The minimum Gasteiger partial charge on any atom is -0.268 e. The van der Waals surface area contributed by atoms with E-state index in [1.807, 2.05) is 0 Å². The fourth-order valence-corrected chi connectivity index (χ4v) is 4.00. The summed E-state index contributed by atoms with van der Waals surface area (Å²) in [6.45, 7) is 0. The maximum absolute atomic E-state index is 12.6. The molecule has 2 nitrogen and oxygen atoms in total. The molecule has 1 amide bonds. The van der Waals surface area contributed by atoms with Crippen LogP contribution in [0.3, 0.4) is 0 Å². The number of thiocarbonyl (C=S) groups is 1. The summed E-state index contributed by atoms with van der Waals surface area (Å²) in [6, 6.07) is 12.1. The maximum Gasteiger partial charge on any atom is 0.270 e. The average Bonchev–Trinajstić information content (AvgIpc) is 2.76. The van der Waals surface area contributed by atoms with Crippen molar-refractivity contribution >= 4 is 80.8 Å². The second-order valence-electron chi connectivity index (χ2n) is 4.66. The van der Waals surface area contributed by atoms with Gasteiger partial charge in [0.1, 0.15) is 0 Å². The van der Waals surface area contributed by atoms with E-state index in [2.05, 4.69) is 0 Å². The number of carbonyl (C=O) groups excluding carboxylic acids is 1. The third kappa shape index (κ3) is 3.57. The second kappa shape index (κ2) is 6.83. The van der Waals surface area contributed by atoms with Crippen LogP contribution in [-0.2, 0) is 4.79 Å². The largest absolute Gasteiger partial charge is 0.270 e. The van der Waals surface area contributed by atoms with Gasteiger partial charge in [-0.3, -0.25) is 9.69 Å². The lowest BCUT2D eigenvalue weighted by Gasteiger charge is -2.14. The van der Waals surface area contributed by atoms with Crippen LogP contribution >= 0.6 is 58.8 Å². The van der Waals surface area contributed by atoms with Crippen LogP contribution < -0.4 is 4.90 Å². The molecule has 23 heavy (non-hydrogen) atoms. The highest BCUT2D eigenvalue weighted by molar-refractivity contribution is 8.27. The van der Waals surface area contributed by atoms with E-state index < -0.39 is 0 Å². The van der Waals surface area contributed by atoms with Crippen molar-refractivity contribution < 1.29 is 4.79 Å². The lowest BCUT2D eigenvalue weighted by Crippen LogP contribution is -2.27. The Balaban J connectivity index is 1.96. The number of amides is 1. The molecule has 1 saturated heterocycles. The molecule has 1 fully saturated rings. The first kappa shape index (κ1) is 16.8. The molecular formula is C16H8Cl3NOS2. The standard InChI is InChI=1S/C16H8Cl3NOS2/c17-10-2-1-3-12(7-10)20-15(21)14(23-16(20)22)6-9-4-5-11(18)8-13(9)19/h1-8H/b14-6-. The SMILES string of the molecule is O=C1/C(=C/c2ccc(Cl)cc2Cl)SC(=S)N1c1cccc(Cl)c1. The first-order valence-electron chi connectivity index (χ1n) is 6.44. The fraction of sp³-hybridized carbons (Fsp3) is 0. The number of carbonyl (C=O) groups is 1. The van der Waals surface area contributed by atoms with Crippen LogP contribution in [0.25, 0.3) is 6.08 Å². The summed E-state index contributed by atoms with van der Waals surface area (Å²) in [5.41, 5.74) is 1.35. The maximum atomic E-state index is 12.6. The van der Waals surface area contributed by atoms with Crippen molar-refractivity contribution in [1.82, 2.24) is 0 Å². The fourth-order valence-electron chi connectivity index (χ4n) is 2.07. The summed E-state index contributed by atoms with van der Waals surface area (Å²) < 4.78 is 0.452. The summed E-state index contributed by atoms with van der Waals surface area (Å²) >= 11 is 24.6. The van der Waals surface area contributed by atoms with Crippen molar-refractivity contribution in [2.24, 2.45) is 0 Å². The molecule has 0 aromatic heterocycles. The van der Waals surface area contributed by atoms with Crippen LogP contribution in [0.2, 0.25) is 15.1 Å². The lowest BCUT2D eigenvalue weighted by molar-refractivity contribution is -0.113. The molecule has 2 aromatic rings. The van der Waals surface area contributed by atoms with Crippen molar-refractivity contribution in [2.45, 2.75) is 0 Å². The Hall–Kier alpha value is -1.04. The number of anilines is 1. The Bertz CT molecular complexity index is 851. The molecule has 116 valence electrons. The molecule has 3 rings (SSSR count). The Morgan fingerprint density at radius 2 is 1.78 bits per heavy atom. The third-order valence-electron chi connectivity index (χ3n) is 3.11. The van der Waals surface area contributed by atoms with Gasteiger partial charge in [0.15, 0.2) is 4.32 Å². The van der Waals surface area contributed by atoms with Gasteiger partial charge in [0.05, 0.1) is 10.6 Å². The molecule has 0 N–H and O–H groups in total. The highest BCUT2D eigenvalue weighted by Gasteiger charge is 2.33. The van der Waals surface area contributed by atoms with Crippen LogP contribution in [0, 0.1) is 0 Å². The predicted octanol–water partition coefficient (Wildman–Crippen LogP) is 6.05. The number of benzene rings is 2. The van der Waals surface area contributed by atoms with E-state index in [0.29, 0.717) is 35.5 Å². The summed E-state index contributed by atoms with van der Waals surface area (Å²) in [7, 11) is 0. The number of rotatable bonds is 2. The molecule has 0 unspecified atom stereocenters. The van der Waals surface area contributed by atoms with E-state index in [4.69, 9.17) is 47.0 Å². The minimum absolute atomic E-state index is 0.201. The van der Waals surface area contributed by atoms with Gasteiger partial charge in [-0.25, -0.2) is 0 Å². The Labute approximate surface area is 158 Å². The van der Waals surface area contributed by atoms with Crippen LogP contribution in [0.5, 0.6) is 0 Å². The minimum atomic E-state index is -0.201. The molecule has 0 saturated carbocycles. The van der Waals surface area contributed by atoms with E-state index in [1.54, 1.807) is 48.5 Å². The molecule has 2 aromatic carbocycles. The molecule has 0 bridgehead atoms. The van der Waals surface area contributed by atoms with E-state index in [1.165, 1.54) is 16.7 Å². The molecule has 1 aliphatic rings. The van der Waals surface area contributed by atoms with Gasteiger partial charge in [0.25, 0.3) is 5.91 Å². The first-order chi connectivity index (χ1) is 11.0. The van der Waals surface area contributed by atoms with Gasteiger partial charge in [-0.05, 0) is 42.0 Å². The van der Waals surface area contributed by atoms with Gasteiger partial charge in [-0.1, -0.05) is 70.9 Å². The highest BCUT2D eigenvalue weighted by Crippen LogP contribution is 2.37. The van der Waals surface area contributed by atoms with Gasteiger partial charge in [-0.15, -0.1) is 0 Å². The number of thioether (sulfide) groups is 1. The van der Waals surface area contributed by atoms with Crippen molar-refractivity contribution in [3.8, 4) is 0 Å². The number of hydrogen-bond acceptors (Lipinski definition) is 3. The average molecular weight is 401 g/mol. The summed E-state index contributed by atoms with van der Waals surface area (Å²) in [4.78, 5) is 14.6. The first-order valence-corrected chi connectivity index (χ1v) is 8.80. The van der Waals surface area contributed by atoms with E-state index >= 15 is 0 Å². The Kier molecular flexibility index (Phi) is 4.99. The molecular weight excluding hydrogens is 393 g/mol.